The van der Waals surface area contributed by atoms with Crippen molar-refractivity contribution in [3.8, 4) is 0 Å². The first-order valence-electron chi connectivity index (χ1n) is 10.3. The van der Waals surface area contributed by atoms with Gasteiger partial charge in [0.05, 0.1) is 23.3 Å². The number of aromatic nitrogens is 2. The van der Waals surface area contributed by atoms with Crippen LogP contribution in [0.25, 0.3) is 0 Å². The van der Waals surface area contributed by atoms with Crippen molar-refractivity contribution in [3.63, 3.8) is 0 Å². The van der Waals surface area contributed by atoms with Crippen LogP contribution in [-0.4, -0.2) is 39.9 Å². The van der Waals surface area contributed by atoms with Crippen molar-refractivity contribution in [1.29, 1.82) is 0 Å². The Hall–Kier alpha value is -2.74. The third kappa shape index (κ3) is 6.13. The molecule has 3 rings (SSSR count). The molecule has 1 aliphatic heterocycles. The maximum absolute atomic E-state index is 13.6. The van der Waals surface area contributed by atoms with Crippen LogP contribution in [-0.2, 0) is 24.2 Å². The zero-order chi connectivity index (χ0) is 22.5. The van der Waals surface area contributed by atoms with Crippen LogP contribution in [0.3, 0.4) is 0 Å². The minimum atomic E-state index is -0.558. The quantitative estimate of drug-likeness (QED) is 0.710. The van der Waals surface area contributed by atoms with Crippen molar-refractivity contribution in [2.75, 3.05) is 13.1 Å². The minimum Gasteiger partial charge on any atom is -0.354 e. The van der Waals surface area contributed by atoms with E-state index in [-0.39, 0.29) is 23.5 Å². The Morgan fingerprint density at radius 1 is 1.32 bits per heavy atom. The summed E-state index contributed by atoms with van der Waals surface area (Å²) < 4.78 is 13.6. The van der Waals surface area contributed by atoms with E-state index in [0.29, 0.717) is 31.0 Å². The van der Waals surface area contributed by atoms with Gasteiger partial charge in [-0.2, -0.15) is 0 Å². The van der Waals surface area contributed by atoms with Gasteiger partial charge >= 0.3 is 6.03 Å². The van der Waals surface area contributed by atoms with E-state index in [2.05, 4.69) is 34.4 Å². The predicted molar refractivity (Wildman–Crippen MR) is 116 cm³/mol. The van der Waals surface area contributed by atoms with Gasteiger partial charge in [-0.25, -0.2) is 19.2 Å². The van der Waals surface area contributed by atoms with Gasteiger partial charge in [-0.15, -0.1) is 0 Å². The molecule has 1 aromatic carbocycles. The summed E-state index contributed by atoms with van der Waals surface area (Å²) in [4.78, 5) is 35.2. The van der Waals surface area contributed by atoms with Crippen LogP contribution in [0.2, 0.25) is 5.02 Å². The van der Waals surface area contributed by atoms with Crippen molar-refractivity contribution in [3.05, 3.63) is 57.9 Å². The molecule has 0 spiro atoms. The molecule has 0 fully saturated rings. The molecule has 1 aromatic heterocycles. The summed E-state index contributed by atoms with van der Waals surface area (Å²) in [7, 11) is 0. The number of carbonyl (C=O) groups excluding carboxylic acids is 2. The molecule has 0 saturated heterocycles. The monoisotopic (exact) mass is 447 g/mol. The number of urea groups is 1. The van der Waals surface area contributed by atoms with E-state index in [0.717, 1.165) is 23.5 Å². The normalized spacial score (nSPS) is 14.2. The molecule has 7 nitrogen and oxygen atoms in total. The van der Waals surface area contributed by atoms with Crippen molar-refractivity contribution in [1.82, 2.24) is 25.5 Å². The molecule has 1 aliphatic rings. The van der Waals surface area contributed by atoms with Crippen molar-refractivity contribution < 1.29 is 14.0 Å². The van der Waals surface area contributed by atoms with E-state index in [1.54, 1.807) is 11.0 Å². The standard InChI is InChI=1S/C22H27ClFN5O2/c1-13(2)8-21-26-10-16-6-7-29(12-20(16)27-21)22(31)28-19(11-25-14(3)30)15-4-5-18(24)17(23)9-15/h4-5,9-10,13,19H,6-8,11-12H2,1-3H3,(H,25,30)(H,28,31)/t19-/m1/s1. The zero-order valence-corrected chi connectivity index (χ0v) is 18.7. The topological polar surface area (TPSA) is 87.2 Å². The van der Waals surface area contributed by atoms with E-state index in [9.17, 15) is 14.0 Å². The second-order valence-electron chi connectivity index (χ2n) is 8.14. The first kappa shape index (κ1) is 22.9. The van der Waals surface area contributed by atoms with Crippen LogP contribution >= 0.6 is 11.6 Å². The highest BCUT2D eigenvalue weighted by Gasteiger charge is 2.25. The Bertz CT molecular complexity index is 969. The molecular formula is C22H27ClFN5O2. The maximum atomic E-state index is 13.6. The number of hydrogen-bond donors (Lipinski definition) is 2. The number of halogens is 2. The number of nitrogens with zero attached hydrogens (tertiary/aromatic N) is 3. The number of nitrogens with one attached hydrogen (secondary N) is 2. The highest BCUT2D eigenvalue weighted by Crippen LogP contribution is 2.22. The fraction of sp³-hybridized carbons (Fsp3) is 0.455. The van der Waals surface area contributed by atoms with Gasteiger partial charge in [0.15, 0.2) is 0 Å². The van der Waals surface area contributed by atoms with Crippen LogP contribution in [0.1, 0.15) is 49.5 Å². The lowest BCUT2D eigenvalue weighted by Crippen LogP contribution is -2.46. The third-order valence-electron chi connectivity index (χ3n) is 5.07. The number of rotatable bonds is 6. The van der Waals surface area contributed by atoms with Gasteiger partial charge in [-0.05, 0) is 35.6 Å². The van der Waals surface area contributed by atoms with Gasteiger partial charge in [-0.3, -0.25) is 4.79 Å². The Morgan fingerprint density at radius 2 is 2.10 bits per heavy atom. The second-order valence-corrected chi connectivity index (χ2v) is 8.55. The number of carbonyl (C=O) groups is 2. The molecule has 31 heavy (non-hydrogen) atoms. The summed E-state index contributed by atoms with van der Waals surface area (Å²) >= 11 is 5.91. The average Bonchev–Trinajstić information content (AvgIpc) is 2.72. The summed E-state index contributed by atoms with van der Waals surface area (Å²) in [6.45, 7) is 6.69. The molecule has 0 aliphatic carbocycles. The summed E-state index contributed by atoms with van der Waals surface area (Å²) in [5.41, 5.74) is 2.51. The summed E-state index contributed by atoms with van der Waals surface area (Å²) in [6.07, 6.45) is 3.31. The lowest BCUT2D eigenvalue weighted by molar-refractivity contribution is -0.119. The Labute approximate surface area is 186 Å². The Morgan fingerprint density at radius 3 is 2.77 bits per heavy atom. The summed E-state index contributed by atoms with van der Waals surface area (Å²) in [6, 6.07) is 3.41. The number of hydrogen-bond acceptors (Lipinski definition) is 4. The first-order valence-corrected chi connectivity index (χ1v) is 10.7. The Kier molecular flexibility index (Phi) is 7.43. The third-order valence-corrected chi connectivity index (χ3v) is 5.36. The van der Waals surface area contributed by atoms with Crippen LogP contribution in [0, 0.1) is 11.7 Å². The fourth-order valence-electron chi connectivity index (χ4n) is 3.45. The van der Waals surface area contributed by atoms with Gasteiger partial charge in [0, 0.05) is 32.6 Å². The molecular weight excluding hydrogens is 421 g/mol. The molecule has 0 unspecified atom stereocenters. The number of benzene rings is 1. The molecule has 1 atom stereocenters. The lowest BCUT2D eigenvalue weighted by atomic mass is 10.1. The first-order chi connectivity index (χ1) is 14.7. The van der Waals surface area contributed by atoms with Gasteiger partial charge in [0.1, 0.15) is 11.6 Å². The van der Waals surface area contributed by atoms with Gasteiger partial charge in [0.2, 0.25) is 5.91 Å². The van der Waals surface area contributed by atoms with E-state index in [1.807, 2.05) is 6.20 Å². The van der Waals surface area contributed by atoms with E-state index in [4.69, 9.17) is 11.6 Å². The van der Waals surface area contributed by atoms with Crippen LogP contribution in [0.5, 0.6) is 0 Å². The second kappa shape index (κ2) is 10.0. The zero-order valence-electron chi connectivity index (χ0n) is 17.9. The summed E-state index contributed by atoms with van der Waals surface area (Å²) in [5.74, 6) is 0.451. The SMILES string of the molecule is CC(=O)NC[C@@H](NC(=O)N1CCc2cnc(CC(C)C)nc2C1)c1ccc(F)c(Cl)c1. The molecule has 2 heterocycles. The highest BCUT2D eigenvalue weighted by molar-refractivity contribution is 6.30. The van der Waals surface area contributed by atoms with Crippen molar-refractivity contribution >= 4 is 23.5 Å². The van der Waals surface area contributed by atoms with Crippen LogP contribution < -0.4 is 10.6 Å². The van der Waals surface area contributed by atoms with E-state index >= 15 is 0 Å². The molecule has 0 bridgehead atoms. The van der Waals surface area contributed by atoms with Crippen LogP contribution in [0.4, 0.5) is 9.18 Å². The van der Waals surface area contributed by atoms with Gasteiger partial charge in [0.25, 0.3) is 0 Å². The smallest absolute Gasteiger partial charge is 0.318 e. The molecule has 166 valence electrons. The molecule has 9 heteroatoms. The summed E-state index contributed by atoms with van der Waals surface area (Å²) in [5, 5.41) is 5.59. The van der Waals surface area contributed by atoms with Crippen molar-refractivity contribution in [2.24, 2.45) is 5.92 Å². The number of amides is 3. The minimum absolute atomic E-state index is 0.0409. The van der Waals surface area contributed by atoms with Gasteiger partial charge < -0.3 is 15.5 Å². The maximum Gasteiger partial charge on any atom is 0.318 e. The molecule has 0 radical (unpaired) electrons. The number of fused-ring (bicyclic) bond motifs is 1. The highest BCUT2D eigenvalue weighted by atomic mass is 35.5. The average molecular weight is 448 g/mol. The molecule has 3 amide bonds. The molecule has 0 saturated carbocycles. The fourth-order valence-corrected chi connectivity index (χ4v) is 3.64. The van der Waals surface area contributed by atoms with E-state index < -0.39 is 11.9 Å². The predicted octanol–water partition coefficient (Wildman–Crippen LogP) is 3.41. The molecule has 2 aromatic rings. The van der Waals surface area contributed by atoms with Crippen LogP contribution in [0.15, 0.2) is 24.4 Å². The lowest BCUT2D eigenvalue weighted by Gasteiger charge is -2.30. The van der Waals surface area contributed by atoms with E-state index in [1.165, 1.54) is 19.1 Å². The largest absolute Gasteiger partial charge is 0.354 e. The van der Waals surface area contributed by atoms with Gasteiger partial charge in [-0.1, -0.05) is 31.5 Å². The Balaban J connectivity index is 1.74. The van der Waals surface area contributed by atoms with Crippen molar-refractivity contribution in [2.45, 2.75) is 46.2 Å². The molecule has 2 N–H and O–H groups in total.